The molecular weight excluding hydrogens is 544 g/mol. The summed E-state index contributed by atoms with van der Waals surface area (Å²) in [6, 6.07) is 2.42. The molecule has 8 nitrogen and oxygen atoms in total. The van der Waals surface area contributed by atoms with Gasteiger partial charge in [-0.05, 0) is 69.2 Å². The van der Waals surface area contributed by atoms with Gasteiger partial charge in [-0.1, -0.05) is 41.5 Å². The summed E-state index contributed by atoms with van der Waals surface area (Å²) in [5.41, 5.74) is -5.52. The van der Waals surface area contributed by atoms with E-state index >= 15 is 0 Å². The van der Waals surface area contributed by atoms with E-state index in [2.05, 4.69) is 20.8 Å². The van der Waals surface area contributed by atoms with E-state index in [1.807, 2.05) is 26.6 Å². The number of Topliss-reactive ketones (excluding diaryl/α,β-unsaturated/α-hetero) is 1. The predicted molar refractivity (Wildman–Crippen MR) is 161 cm³/mol. The quantitative estimate of drug-likeness (QED) is 0.209. The van der Waals surface area contributed by atoms with E-state index in [1.165, 1.54) is 0 Å². The second-order valence-electron chi connectivity index (χ2n) is 14.5. The van der Waals surface area contributed by atoms with Gasteiger partial charge in [0.25, 0.3) is 0 Å². The van der Waals surface area contributed by atoms with Crippen molar-refractivity contribution >= 4 is 22.4 Å². The fourth-order valence-corrected chi connectivity index (χ4v) is 12.4. The van der Waals surface area contributed by atoms with E-state index in [4.69, 9.17) is 8.85 Å². The Morgan fingerprint density at radius 3 is 1.90 bits per heavy atom. The Morgan fingerprint density at radius 1 is 0.925 bits per heavy atom. The summed E-state index contributed by atoms with van der Waals surface area (Å²) in [5.74, 6) is -1.85. The van der Waals surface area contributed by atoms with Crippen molar-refractivity contribution < 1.29 is 39.2 Å². The van der Waals surface area contributed by atoms with E-state index in [0.717, 1.165) is 18.1 Å². The van der Waals surface area contributed by atoms with Crippen LogP contribution >= 0.6 is 0 Å². The Balaban J connectivity index is 2.38. The summed E-state index contributed by atoms with van der Waals surface area (Å²) in [5, 5.41) is 60.6. The predicted octanol–water partition coefficient (Wildman–Crippen LogP) is 3.91. The van der Waals surface area contributed by atoms with E-state index < -0.39 is 80.9 Å². The standard InChI is InChI=1S/C30H56O8Si2/c1-12-29(35)20(31)16-21(38-40(13-2,14-3)15-4)28(8)24(29)26(34)30(36)17-19(37-39(9,10)11)18(5)22(27(30,6)7)23(32)25(28)33/h19-21,23-24,26,31-32,34-36H,12-17H2,1-11H3/t19-,20+,21-,23+,24-,26-,28+,29-,30+/m0/s1. The number of carbonyl (C=O) groups is 1. The summed E-state index contributed by atoms with van der Waals surface area (Å²) in [7, 11) is -4.49. The molecule has 0 amide bonds. The third-order valence-corrected chi connectivity index (χ3v) is 16.9. The highest BCUT2D eigenvalue weighted by Crippen LogP contribution is 2.62. The third-order valence-electron chi connectivity index (χ3n) is 11.3. The maximum Gasteiger partial charge on any atom is 0.192 e. The first kappa shape index (κ1) is 34.1. The van der Waals surface area contributed by atoms with Gasteiger partial charge in [0, 0.05) is 24.2 Å². The minimum Gasteiger partial charge on any atom is -0.413 e. The van der Waals surface area contributed by atoms with Gasteiger partial charge in [0.2, 0.25) is 0 Å². The van der Waals surface area contributed by atoms with Crippen LogP contribution in [0.25, 0.3) is 0 Å². The number of carbonyl (C=O) groups excluding carboxylic acids is 1. The van der Waals surface area contributed by atoms with Crippen LogP contribution in [0, 0.1) is 16.7 Å². The van der Waals surface area contributed by atoms with Crippen molar-refractivity contribution in [2.45, 2.75) is 154 Å². The molecule has 2 saturated carbocycles. The number of hydrogen-bond donors (Lipinski definition) is 5. The van der Waals surface area contributed by atoms with Crippen LogP contribution in [0.4, 0.5) is 0 Å². The largest absolute Gasteiger partial charge is 0.413 e. The summed E-state index contributed by atoms with van der Waals surface area (Å²) < 4.78 is 13.4. The van der Waals surface area contributed by atoms with E-state index in [9.17, 15) is 30.3 Å². The molecule has 3 aliphatic carbocycles. The Bertz CT molecular complexity index is 996. The zero-order valence-corrected chi connectivity index (χ0v) is 28.7. The molecule has 0 aromatic rings. The molecule has 232 valence electrons. The van der Waals surface area contributed by atoms with Crippen molar-refractivity contribution in [1.82, 2.24) is 0 Å². The minimum absolute atomic E-state index is 0.00151. The Kier molecular flexibility index (Phi) is 9.31. The molecule has 0 aliphatic heterocycles. The zero-order valence-electron chi connectivity index (χ0n) is 26.7. The fraction of sp³-hybridized carbons (Fsp3) is 0.900. The van der Waals surface area contributed by atoms with Gasteiger partial charge >= 0.3 is 0 Å². The maximum atomic E-state index is 14.7. The molecule has 3 aliphatic rings. The van der Waals surface area contributed by atoms with Crippen LogP contribution in [0.3, 0.4) is 0 Å². The molecule has 9 atom stereocenters. The normalized spacial score (nSPS) is 42.4. The monoisotopic (exact) mass is 600 g/mol. The average Bonchev–Trinajstić information content (AvgIpc) is 2.86. The molecule has 0 saturated heterocycles. The maximum absolute atomic E-state index is 14.7. The van der Waals surface area contributed by atoms with Crippen molar-refractivity contribution in [2.24, 2.45) is 16.7 Å². The molecule has 0 heterocycles. The number of fused-ring (bicyclic) bond motifs is 3. The lowest BCUT2D eigenvalue weighted by atomic mass is 9.45. The summed E-state index contributed by atoms with van der Waals surface area (Å²) >= 11 is 0. The van der Waals surface area contributed by atoms with Gasteiger partial charge < -0.3 is 34.4 Å². The molecule has 10 heteroatoms. The first-order valence-corrected chi connectivity index (χ1v) is 21.2. The van der Waals surface area contributed by atoms with E-state index in [1.54, 1.807) is 27.7 Å². The number of aliphatic hydroxyl groups is 5. The van der Waals surface area contributed by atoms with Crippen LogP contribution in [0.1, 0.15) is 74.7 Å². The molecule has 0 spiro atoms. The molecular formula is C30H56O8Si2. The van der Waals surface area contributed by atoms with Crippen molar-refractivity contribution in [3.63, 3.8) is 0 Å². The van der Waals surface area contributed by atoms with Gasteiger partial charge in [-0.25, -0.2) is 0 Å². The lowest BCUT2D eigenvalue weighted by molar-refractivity contribution is -0.278. The van der Waals surface area contributed by atoms with Crippen LogP contribution in [-0.4, -0.2) is 89.7 Å². The SMILES string of the molecule is CC[C@]1(O)[C@H](O)C[C@H](O[Si](CC)(CC)CC)[C@@]2(C)C(=O)[C@H](O)C3=C(C)[C@@H](O[Si](C)(C)C)C[C@@](O)([C@@H](O)[C@H]12)C3(C)C. The van der Waals surface area contributed by atoms with Gasteiger partial charge in [-0.15, -0.1) is 0 Å². The second kappa shape index (κ2) is 10.9. The van der Waals surface area contributed by atoms with Crippen LogP contribution < -0.4 is 0 Å². The van der Waals surface area contributed by atoms with Crippen molar-refractivity contribution in [3.8, 4) is 0 Å². The topological polar surface area (TPSA) is 137 Å². The molecule has 0 aromatic carbocycles. The molecule has 2 bridgehead atoms. The number of rotatable bonds is 8. The second-order valence-corrected chi connectivity index (χ2v) is 23.7. The van der Waals surface area contributed by atoms with Gasteiger partial charge in [-0.3, -0.25) is 4.79 Å². The minimum atomic E-state index is -2.34. The zero-order chi connectivity index (χ0) is 30.9. The first-order chi connectivity index (χ1) is 18.2. The molecule has 40 heavy (non-hydrogen) atoms. The fourth-order valence-electron chi connectivity index (χ4n) is 8.32. The molecule has 2 fully saturated rings. The van der Waals surface area contributed by atoms with Gasteiger partial charge in [0.1, 0.15) is 11.7 Å². The van der Waals surface area contributed by atoms with Crippen LogP contribution in [0.2, 0.25) is 37.8 Å². The van der Waals surface area contributed by atoms with Crippen LogP contribution in [0.15, 0.2) is 11.1 Å². The van der Waals surface area contributed by atoms with Gasteiger partial charge in [-0.2, -0.15) is 0 Å². The van der Waals surface area contributed by atoms with Crippen LogP contribution in [-0.2, 0) is 13.6 Å². The summed E-state index contributed by atoms with van der Waals surface area (Å²) in [6.45, 7) is 21.0. The van der Waals surface area contributed by atoms with Gasteiger partial charge in [0.15, 0.2) is 22.4 Å². The number of aliphatic hydroxyl groups excluding tert-OH is 3. The number of ketones is 1. The van der Waals surface area contributed by atoms with Gasteiger partial charge in [0.05, 0.1) is 35.4 Å². The van der Waals surface area contributed by atoms with E-state index in [0.29, 0.717) is 11.1 Å². The highest BCUT2D eigenvalue weighted by molar-refractivity contribution is 6.73. The Hall–Kier alpha value is -0.436. The number of hydrogen-bond acceptors (Lipinski definition) is 8. The van der Waals surface area contributed by atoms with Crippen molar-refractivity contribution in [1.29, 1.82) is 0 Å². The third kappa shape index (κ3) is 4.87. The van der Waals surface area contributed by atoms with E-state index in [-0.39, 0.29) is 19.3 Å². The van der Waals surface area contributed by atoms with Crippen molar-refractivity contribution in [2.75, 3.05) is 0 Å². The summed E-state index contributed by atoms with van der Waals surface area (Å²) in [4.78, 5) is 14.7. The Labute approximate surface area is 243 Å². The Morgan fingerprint density at radius 2 is 1.45 bits per heavy atom. The lowest BCUT2D eigenvalue weighted by Gasteiger charge is -2.65. The molecule has 0 radical (unpaired) electrons. The molecule has 5 N–H and O–H groups in total. The molecule has 0 aromatic heterocycles. The highest BCUT2D eigenvalue weighted by atomic mass is 28.4. The first-order valence-electron chi connectivity index (χ1n) is 15.3. The smallest absolute Gasteiger partial charge is 0.192 e. The molecule has 3 rings (SSSR count). The van der Waals surface area contributed by atoms with Crippen molar-refractivity contribution in [3.05, 3.63) is 11.1 Å². The average molecular weight is 601 g/mol. The molecule has 0 unspecified atom stereocenters. The lowest BCUT2D eigenvalue weighted by Crippen LogP contribution is -2.77. The highest BCUT2D eigenvalue weighted by Gasteiger charge is 2.73. The van der Waals surface area contributed by atoms with Crippen LogP contribution in [0.5, 0.6) is 0 Å². The summed E-state index contributed by atoms with van der Waals surface area (Å²) in [6.07, 6.45) is -5.89.